The zero-order chi connectivity index (χ0) is 26.5. The van der Waals surface area contributed by atoms with Crippen LogP contribution in [0.25, 0.3) is 44.5 Å². The van der Waals surface area contributed by atoms with Crippen molar-refractivity contribution < 1.29 is 11.3 Å². The smallest absolute Gasteiger partial charge is 0.227 e. The van der Waals surface area contributed by atoms with Crippen LogP contribution in [-0.2, 0) is 6.37 Å². The first-order chi connectivity index (χ1) is 18.2. The second-order valence-corrected chi connectivity index (χ2v) is 7.81. The zero-order valence-electron chi connectivity index (χ0n) is 22.6. The molecule has 0 unspecified atom stereocenters. The molecule has 33 heavy (non-hydrogen) atoms. The maximum Gasteiger partial charge on any atom is 0.227 e. The fraction of sp³-hybridized carbons (Fsp3) is 0.0667. The van der Waals surface area contributed by atoms with E-state index < -0.39 is 13.2 Å². The van der Waals surface area contributed by atoms with Crippen molar-refractivity contribution in [2.24, 2.45) is 0 Å². The lowest BCUT2D eigenvalue weighted by Crippen LogP contribution is -1.91. The lowest BCUT2D eigenvalue weighted by atomic mass is 10.00. The minimum atomic E-state index is -2.34. The molecule has 3 aromatic heterocycles. The van der Waals surface area contributed by atoms with Gasteiger partial charge in [0.2, 0.25) is 5.71 Å². The Hall–Kier alpha value is -4.24. The van der Waals surface area contributed by atoms with Gasteiger partial charge in [-0.3, -0.25) is 4.98 Å². The number of hydrogen-bond donors (Lipinski definition) is 0. The summed E-state index contributed by atoms with van der Waals surface area (Å²) < 4.78 is 48.0. The van der Waals surface area contributed by atoms with E-state index in [2.05, 4.69) is 9.97 Å². The highest BCUT2D eigenvalue weighted by molar-refractivity contribution is 6.08. The number of para-hydroxylation sites is 1. The molecule has 0 bridgehead atoms. The average molecular weight is 432 g/mol. The van der Waals surface area contributed by atoms with E-state index in [0.29, 0.717) is 33.7 Å². The summed E-state index contributed by atoms with van der Waals surface area (Å²) in [6.45, 7) is -2.34. The molecule has 0 N–H and O–H groups in total. The van der Waals surface area contributed by atoms with Gasteiger partial charge < -0.3 is 4.42 Å². The second-order valence-electron chi connectivity index (χ2n) is 7.81. The highest BCUT2D eigenvalue weighted by Gasteiger charge is 2.15. The van der Waals surface area contributed by atoms with Gasteiger partial charge in [-0.1, -0.05) is 72.8 Å². The Kier molecular flexibility index (Phi) is 3.59. The Labute approximate surface area is 199 Å². The van der Waals surface area contributed by atoms with Crippen LogP contribution in [0.2, 0.25) is 0 Å². The van der Waals surface area contributed by atoms with Crippen molar-refractivity contribution in [1.82, 2.24) is 9.97 Å². The number of furan rings is 1. The molecule has 0 fully saturated rings. The Bertz CT molecular complexity index is 1780. The third-order valence-corrected chi connectivity index (χ3v) is 5.68. The predicted molar refractivity (Wildman–Crippen MR) is 134 cm³/mol. The van der Waals surface area contributed by atoms with Gasteiger partial charge in [-0.25, -0.2) is 4.98 Å². The van der Waals surface area contributed by atoms with Gasteiger partial charge in [0.1, 0.15) is 5.58 Å². The third kappa shape index (κ3) is 3.58. The molecule has 0 aliphatic carbocycles. The number of hydrogen-bond acceptors (Lipinski definition) is 3. The van der Waals surface area contributed by atoms with Gasteiger partial charge in [-0.15, -0.1) is 0 Å². The van der Waals surface area contributed by atoms with Crippen molar-refractivity contribution in [2.75, 3.05) is 0 Å². The van der Waals surface area contributed by atoms with Crippen molar-refractivity contribution in [1.29, 1.82) is 0 Å². The highest BCUT2D eigenvalue weighted by atomic mass is 16.3. The normalized spacial score (nSPS) is 14.4. The van der Waals surface area contributed by atoms with Crippen LogP contribution in [0.5, 0.6) is 0 Å². The van der Waals surface area contributed by atoms with Crippen LogP contribution in [-0.4, -0.2) is 9.97 Å². The number of nitrogens with zero attached hydrogens (tertiary/aromatic N) is 2. The Morgan fingerprint density at radius 2 is 1.64 bits per heavy atom. The molecule has 3 aromatic carbocycles. The lowest BCUT2D eigenvalue weighted by Gasteiger charge is -2.08. The molecule has 0 spiro atoms. The van der Waals surface area contributed by atoms with Crippen molar-refractivity contribution >= 4 is 22.1 Å². The fourth-order valence-corrected chi connectivity index (χ4v) is 4.07. The van der Waals surface area contributed by atoms with Gasteiger partial charge >= 0.3 is 0 Å². The van der Waals surface area contributed by atoms with Crippen LogP contribution in [0.15, 0.2) is 108 Å². The third-order valence-electron chi connectivity index (χ3n) is 5.68. The molecule has 6 rings (SSSR count). The highest BCUT2D eigenvalue weighted by Crippen LogP contribution is 2.36. The van der Waals surface area contributed by atoms with Gasteiger partial charge in [0.15, 0.2) is 0 Å². The van der Waals surface area contributed by atoms with Crippen LogP contribution >= 0.6 is 0 Å². The van der Waals surface area contributed by atoms with E-state index in [-0.39, 0.29) is 11.3 Å². The summed E-state index contributed by atoms with van der Waals surface area (Å²) in [5.41, 5.74) is 4.22. The van der Waals surface area contributed by atoms with Crippen LogP contribution in [0.3, 0.4) is 0 Å². The van der Waals surface area contributed by atoms with E-state index in [1.807, 2.05) is 60.7 Å². The van der Waals surface area contributed by atoms with E-state index in [0.717, 1.165) is 16.3 Å². The maximum absolute atomic E-state index is 8.67. The molecule has 158 valence electrons. The van der Waals surface area contributed by atoms with E-state index in [1.165, 1.54) is 0 Å². The SMILES string of the molecule is [2H]C([2H])([2H])c1cc(-c2cccc3c2oc2nc(C([2H])([2H])c4ccccc4)ccc23)ncc1-c1ccccc1. The second kappa shape index (κ2) is 8.03. The van der Waals surface area contributed by atoms with Gasteiger partial charge in [-0.05, 0) is 47.8 Å². The first-order valence-electron chi connectivity index (χ1n) is 13.2. The van der Waals surface area contributed by atoms with Gasteiger partial charge in [0, 0.05) is 47.0 Å². The molecule has 0 radical (unpaired) electrons. The van der Waals surface area contributed by atoms with Crippen LogP contribution in [0.4, 0.5) is 0 Å². The molecule has 3 heteroatoms. The average Bonchev–Trinajstić information content (AvgIpc) is 3.31. The van der Waals surface area contributed by atoms with Gasteiger partial charge in [-0.2, -0.15) is 0 Å². The fourth-order valence-electron chi connectivity index (χ4n) is 4.07. The summed E-state index contributed by atoms with van der Waals surface area (Å²) in [5.74, 6) is 0. The first kappa shape index (κ1) is 14.8. The molecule has 3 nitrogen and oxygen atoms in total. The molecule has 0 saturated carbocycles. The zero-order valence-corrected chi connectivity index (χ0v) is 17.6. The maximum atomic E-state index is 8.67. The Balaban J connectivity index is 1.50. The first-order valence-corrected chi connectivity index (χ1v) is 10.7. The molecule has 3 heterocycles. The van der Waals surface area contributed by atoms with Crippen LogP contribution in [0, 0.1) is 6.85 Å². The van der Waals surface area contributed by atoms with Crippen LogP contribution in [0.1, 0.15) is 23.7 Å². The van der Waals surface area contributed by atoms with E-state index in [4.69, 9.17) is 11.3 Å². The lowest BCUT2D eigenvalue weighted by molar-refractivity contribution is 0.652. The van der Waals surface area contributed by atoms with E-state index in [9.17, 15) is 0 Å². The van der Waals surface area contributed by atoms with Crippen molar-refractivity contribution in [3.63, 3.8) is 0 Å². The van der Waals surface area contributed by atoms with Crippen LogP contribution < -0.4 is 0 Å². The molecule has 0 amide bonds. The number of aryl methyl sites for hydroxylation is 1. The topological polar surface area (TPSA) is 38.9 Å². The summed E-state index contributed by atoms with van der Waals surface area (Å²) in [6.07, 6.45) is -0.209. The van der Waals surface area contributed by atoms with Crippen molar-refractivity contribution in [3.8, 4) is 22.4 Å². The number of fused-ring (bicyclic) bond motifs is 3. The van der Waals surface area contributed by atoms with E-state index >= 15 is 0 Å². The standard InChI is InChI=1S/C30H22N2O/c1-20-17-28(31-19-27(20)22-11-6-3-7-12-22)26-14-8-13-24-25-16-15-23(32-30(25)33-29(24)26)18-21-9-4-2-5-10-21/h2-17,19H,18H2,1H3/i1D3,18D2. The molecule has 0 aliphatic rings. The summed E-state index contributed by atoms with van der Waals surface area (Å²) >= 11 is 0. The number of rotatable bonds is 4. The van der Waals surface area contributed by atoms with E-state index in [1.54, 1.807) is 42.6 Å². The molecule has 0 aliphatic heterocycles. The number of benzene rings is 3. The summed E-state index contributed by atoms with van der Waals surface area (Å²) in [6, 6.07) is 28.9. The minimum Gasteiger partial charge on any atom is -0.437 e. The minimum absolute atomic E-state index is 0.207. The molecular formula is C30H22N2O. The largest absolute Gasteiger partial charge is 0.437 e. The molecule has 6 aromatic rings. The van der Waals surface area contributed by atoms with Crippen molar-refractivity contribution in [3.05, 3.63) is 120 Å². The number of aromatic nitrogens is 2. The predicted octanol–water partition coefficient (Wildman–Crippen LogP) is 7.61. The van der Waals surface area contributed by atoms with Gasteiger partial charge in [0.05, 0.1) is 5.69 Å². The summed E-state index contributed by atoms with van der Waals surface area (Å²) in [7, 11) is 0. The van der Waals surface area contributed by atoms with Crippen molar-refractivity contribution in [2.45, 2.75) is 13.2 Å². The molecular weight excluding hydrogens is 404 g/mol. The van der Waals surface area contributed by atoms with Gasteiger partial charge in [0.25, 0.3) is 0 Å². The molecule has 0 atom stereocenters. The summed E-state index contributed by atoms with van der Waals surface area (Å²) in [4.78, 5) is 9.18. The Morgan fingerprint density at radius 1 is 0.818 bits per heavy atom. The Morgan fingerprint density at radius 3 is 2.45 bits per heavy atom. The quantitative estimate of drug-likeness (QED) is 0.288. The number of pyridine rings is 2. The molecule has 0 saturated heterocycles. The summed E-state index contributed by atoms with van der Waals surface area (Å²) in [5, 5.41) is 1.53. The monoisotopic (exact) mass is 431 g/mol.